The van der Waals surface area contributed by atoms with Crippen LogP contribution in [0.2, 0.25) is 0 Å². The summed E-state index contributed by atoms with van der Waals surface area (Å²) in [6, 6.07) is 0. The topological polar surface area (TPSA) is 46.5 Å². The van der Waals surface area contributed by atoms with Crippen molar-refractivity contribution in [2.75, 3.05) is 0 Å². The molecule has 1 unspecified atom stereocenters. The summed E-state index contributed by atoms with van der Waals surface area (Å²) in [5.41, 5.74) is 2.98. The first-order valence-corrected chi connectivity index (χ1v) is 6.26. The molecule has 0 aromatic rings. The lowest BCUT2D eigenvalue weighted by molar-refractivity contribution is 0.403. The normalized spacial score (nSPS) is 16.3. The van der Waals surface area contributed by atoms with Gasteiger partial charge in [-0.15, -0.1) is 0 Å². The van der Waals surface area contributed by atoms with Crippen molar-refractivity contribution in [3.63, 3.8) is 0 Å². The molecule has 0 amide bonds. The molecule has 0 rings (SSSR count). The Balaban J connectivity index is 3.81. The molecule has 11 heavy (non-hydrogen) atoms. The van der Waals surface area contributed by atoms with E-state index in [-0.39, 0.29) is 0 Å². The molecule has 1 N–H and O–H groups in total. The second-order valence-corrected chi connectivity index (χ2v) is 5.59. The zero-order chi connectivity index (χ0) is 8.91. The van der Waals surface area contributed by atoms with E-state index in [2.05, 4.69) is 6.58 Å². The minimum atomic E-state index is -3.45. The van der Waals surface area contributed by atoms with Gasteiger partial charge in [0.1, 0.15) is 0 Å². The van der Waals surface area contributed by atoms with Gasteiger partial charge in [-0.1, -0.05) is 17.9 Å². The van der Waals surface area contributed by atoms with Gasteiger partial charge in [-0.3, -0.25) is 4.57 Å². The molecule has 0 aromatic carbocycles. The predicted octanol–water partition coefficient (Wildman–Crippen LogP) is 1.34. The highest BCUT2D eigenvalue weighted by molar-refractivity contribution is 7.57. The van der Waals surface area contributed by atoms with Crippen LogP contribution >= 0.6 is 7.60 Å². The van der Waals surface area contributed by atoms with Crippen molar-refractivity contribution in [3.8, 4) is 0 Å². The molecular weight excluding hydrogens is 179 g/mol. The average molecular weight is 192 g/mol. The minimum absolute atomic E-state index is 0.957. The maximum atomic E-state index is 10.8. The van der Waals surface area contributed by atoms with Crippen LogP contribution in [0.15, 0.2) is 23.7 Å². The second-order valence-electron chi connectivity index (χ2n) is 2.32. The Labute approximate surface area is 69.3 Å². The molecule has 0 radical (unpaired) electrons. The molecule has 3 nitrogen and oxygen atoms in total. The molecule has 0 bridgehead atoms. The summed E-state index contributed by atoms with van der Waals surface area (Å²) in [5, 5.41) is 0. The average Bonchev–Trinajstić information content (AvgIpc) is 1.87. The van der Waals surface area contributed by atoms with Crippen LogP contribution in [0, 0.1) is 0 Å². The largest absolute Gasteiger partial charge is 0.351 e. The van der Waals surface area contributed by atoms with Crippen LogP contribution in [-0.2, 0) is 8.78 Å². The molecule has 64 valence electrons. The van der Waals surface area contributed by atoms with Gasteiger partial charge in [0.15, 0.2) is 9.76 Å². The van der Waals surface area contributed by atoms with Gasteiger partial charge in [-0.25, -0.2) is 0 Å². The number of hydrogen-bond acceptors (Lipinski definition) is 2. The van der Waals surface area contributed by atoms with E-state index in [1.165, 1.54) is 0 Å². The summed E-state index contributed by atoms with van der Waals surface area (Å²) in [7, 11) is -4.45. The second kappa shape index (κ2) is 4.67. The maximum absolute atomic E-state index is 10.8. The lowest BCUT2D eigenvalue weighted by Gasteiger charge is -2.04. The molecule has 1 atom stereocenters. The minimum Gasteiger partial charge on any atom is -0.351 e. The number of rotatable bonds is 4. The SMILES string of the molecule is C=CP(=O)(O)O[SiH2]C=C(C)C. The van der Waals surface area contributed by atoms with E-state index in [1.54, 1.807) is 0 Å². The van der Waals surface area contributed by atoms with Crippen LogP contribution < -0.4 is 0 Å². The summed E-state index contributed by atoms with van der Waals surface area (Å²) in [6.45, 7) is 7.04. The van der Waals surface area contributed by atoms with Gasteiger partial charge in [0.25, 0.3) is 0 Å². The first-order valence-electron chi connectivity index (χ1n) is 3.22. The fourth-order valence-corrected chi connectivity index (χ4v) is 2.27. The lowest BCUT2D eigenvalue weighted by Crippen LogP contribution is -1.91. The van der Waals surface area contributed by atoms with Crippen LogP contribution in [0.1, 0.15) is 13.8 Å². The van der Waals surface area contributed by atoms with Crippen LogP contribution in [0.25, 0.3) is 0 Å². The highest BCUT2D eigenvalue weighted by Gasteiger charge is 2.10. The Kier molecular flexibility index (Phi) is 4.60. The van der Waals surface area contributed by atoms with E-state index < -0.39 is 17.4 Å². The van der Waals surface area contributed by atoms with Crippen LogP contribution in [0.3, 0.4) is 0 Å². The van der Waals surface area contributed by atoms with Gasteiger partial charge >= 0.3 is 7.60 Å². The van der Waals surface area contributed by atoms with Crippen LogP contribution in [0.4, 0.5) is 0 Å². The molecule has 0 aromatic heterocycles. The highest BCUT2D eigenvalue weighted by Crippen LogP contribution is 2.41. The predicted molar refractivity (Wildman–Crippen MR) is 49.1 cm³/mol. The van der Waals surface area contributed by atoms with Crippen molar-refractivity contribution in [2.24, 2.45) is 0 Å². The third-order valence-corrected chi connectivity index (χ3v) is 4.50. The van der Waals surface area contributed by atoms with Gasteiger partial charge in [-0.05, 0) is 13.8 Å². The highest BCUT2D eigenvalue weighted by atomic mass is 31.2. The van der Waals surface area contributed by atoms with Crippen molar-refractivity contribution < 1.29 is 13.7 Å². The molecule has 0 spiro atoms. The summed E-state index contributed by atoms with van der Waals surface area (Å²) in [4.78, 5) is 8.86. The molecule has 0 saturated heterocycles. The first-order chi connectivity index (χ1) is 4.98. The Hall–Kier alpha value is -0.153. The number of hydrogen-bond donors (Lipinski definition) is 1. The monoisotopic (exact) mass is 192 g/mol. The molecule has 5 heteroatoms. The fourth-order valence-electron chi connectivity index (χ4n) is 0.363. The van der Waals surface area contributed by atoms with E-state index in [1.807, 2.05) is 19.5 Å². The molecule has 0 aliphatic rings. The first kappa shape index (κ1) is 10.8. The van der Waals surface area contributed by atoms with E-state index in [4.69, 9.17) is 9.11 Å². The number of allylic oxidation sites excluding steroid dienone is 1. The van der Waals surface area contributed by atoms with Crippen molar-refractivity contribution in [3.05, 3.63) is 23.7 Å². The quantitative estimate of drug-likeness (QED) is 0.540. The molecular formula is C6H13O3PSi. The maximum Gasteiger partial charge on any atom is 0.341 e. The van der Waals surface area contributed by atoms with E-state index in [9.17, 15) is 4.57 Å². The third kappa shape index (κ3) is 6.25. The zero-order valence-electron chi connectivity index (χ0n) is 6.78. The van der Waals surface area contributed by atoms with Crippen molar-refractivity contribution in [2.45, 2.75) is 13.8 Å². The van der Waals surface area contributed by atoms with Crippen LogP contribution in [-0.4, -0.2) is 14.7 Å². The van der Waals surface area contributed by atoms with Crippen molar-refractivity contribution in [1.29, 1.82) is 0 Å². The van der Waals surface area contributed by atoms with Gasteiger partial charge < -0.3 is 9.11 Å². The Morgan fingerprint density at radius 1 is 1.73 bits per heavy atom. The van der Waals surface area contributed by atoms with Crippen molar-refractivity contribution >= 4 is 17.4 Å². The summed E-state index contributed by atoms with van der Waals surface area (Å²) in [5.74, 6) is 0.957. The molecule has 0 saturated carbocycles. The Bertz CT molecular complexity index is 208. The molecule has 0 aliphatic heterocycles. The standard InChI is InChI=1S/C6H13O3PSi/c1-4-10(7,8)9-11-5-6(2)3/h4-5H,1,11H2,2-3H3,(H,7,8). The fraction of sp³-hybridized carbons (Fsp3) is 0.333. The Morgan fingerprint density at radius 2 is 2.27 bits per heavy atom. The van der Waals surface area contributed by atoms with Gasteiger partial charge in [0.05, 0.1) is 0 Å². The van der Waals surface area contributed by atoms with Gasteiger partial charge in [0.2, 0.25) is 0 Å². The molecule has 0 fully saturated rings. The summed E-state index contributed by atoms with van der Waals surface area (Å²) >= 11 is 0. The van der Waals surface area contributed by atoms with Gasteiger partial charge in [0, 0.05) is 5.82 Å². The van der Waals surface area contributed by atoms with Gasteiger partial charge in [-0.2, -0.15) is 0 Å². The van der Waals surface area contributed by atoms with E-state index in [0.29, 0.717) is 0 Å². The lowest BCUT2D eigenvalue weighted by atomic mass is 10.4. The molecule has 0 heterocycles. The molecule has 0 aliphatic carbocycles. The zero-order valence-corrected chi connectivity index (χ0v) is 9.09. The smallest absolute Gasteiger partial charge is 0.341 e. The summed E-state index contributed by atoms with van der Waals surface area (Å²) in [6.07, 6.45) is 0. The van der Waals surface area contributed by atoms with E-state index >= 15 is 0 Å². The van der Waals surface area contributed by atoms with E-state index in [0.717, 1.165) is 11.4 Å². The van der Waals surface area contributed by atoms with Crippen LogP contribution in [0.5, 0.6) is 0 Å². The van der Waals surface area contributed by atoms with Crippen molar-refractivity contribution in [1.82, 2.24) is 0 Å². The summed E-state index contributed by atoms with van der Waals surface area (Å²) < 4.78 is 15.5. The Morgan fingerprint density at radius 3 is 2.64 bits per heavy atom. The third-order valence-electron chi connectivity index (χ3n) is 0.982.